The number of fused-ring (bicyclic) bond motifs is 1. The lowest BCUT2D eigenvalue weighted by molar-refractivity contribution is 0.112. The van der Waals surface area contributed by atoms with Crippen molar-refractivity contribution in [3.05, 3.63) is 38.2 Å². The molecule has 98 valence electrons. The van der Waals surface area contributed by atoms with E-state index in [1.165, 1.54) is 6.92 Å². The summed E-state index contributed by atoms with van der Waals surface area (Å²) in [6.45, 7) is 4.74. The van der Waals surface area contributed by atoms with Crippen LogP contribution in [0, 0.1) is 20.8 Å². The minimum atomic E-state index is -0.457. The van der Waals surface area contributed by atoms with Gasteiger partial charge >= 0.3 is 0 Å². The fourth-order valence-electron chi connectivity index (χ4n) is 2.08. The van der Waals surface area contributed by atoms with Crippen LogP contribution in [0.3, 0.4) is 0 Å². The predicted molar refractivity (Wildman–Crippen MR) is 69.1 cm³/mol. The van der Waals surface area contributed by atoms with E-state index in [1.807, 2.05) is 0 Å². The molecule has 0 spiro atoms. The fourth-order valence-corrected chi connectivity index (χ4v) is 2.08. The van der Waals surface area contributed by atoms with Crippen LogP contribution in [0.5, 0.6) is 5.75 Å². The van der Waals surface area contributed by atoms with Crippen molar-refractivity contribution in [2.24, 2.45) is 0 Å². The molecule has 0 aliphatic heterocycles. The van der Waals surface area contributed by atoms with Crippen LogP contribution in [0.25, 0.3) is 11.0 Å². The summed E-state index contributed by atoms with van der Waals surface area (Å²) in [6, 6.07) is 0. The lowest BCUT2D eigenvalue weighted by Gasteiger charge is -2.11. The van der Waals surface area contributed by atoms with Crippen molar-refractivity contribution in [2.45, 2.75) is 20.8 Å². The number of hydrogen-bond donors (Lipinski definition) is 1. The van der Waals surface area contributed by atoms with E-state index in [0.29, 0.717) is 29.5 Å². The zero-order valence-corrected chi connectivity index (χ0v) is 10.7. The van der Waals surface area contributed by atoms with Gasteiger partial charge in [-0.2, -0.15) is 0 Å². The van der Waals surface area contributed by atoms with Crippen LogP contribution < -0.4 is 5.43 Å². The summed E-state index contributed by atoms with van der Waals surface area (Å²) in [6.07, 6.45) is 0.799. The Morgan fingerprint density at radius 3 is 2.11 bits per heavy atom. The maximum Gasteiger partial charge on any atom is 0.196 e. The molecule has 2 aromatic rings. The van der Waals surface area contributed by atoms with Crippen LogP contribution in [-0.4, -0.2) is 17.7 Å². The minimum Gasteiger partial charge on any atom is -0.506 e. The molecule has 1 N–H and O–H groups in total. The van der Waals surface area contributed by atoms with Crippen molar-refractivity contribution in [2.75, 3.05) is 0 Å². The van der Waals surface area contributed by atoms with Gasteiger partial charge in [-0.3, -0.25) is 14.4 Å². The second-order valence-electron chi connectivity index (χ2n) is 4.35. The Labute approximate surface area is 108 Å². The summed E-state index contributed by atoms with van der Waals surface area (Å²) < 4.78 is 5.45. The predicted octanol–water partition coefficient (Wildman–Crippen LogP) is 2.05. The number of phenols is 1. The van der Waals surface area contributed by atoms with Gasteiger partial charge in [0.2, 0.25) is 0 Å². The molecule has 1 heterocycles. The van der Waals surface area contributed by atoms with E-state index in [2.05, 4.69) is 0 Å². The van der Waals surface area contributed by atoms with Crippen molar-refractivity contribution < 1.29 is 19.1 Å². The van der Waals surface area contributed by atoms with E-state index in [1.54, 1.807) is 13.8 Å². The van der Waals surface area contributed by atoms with E-state index in [9.17, 15) is 19.5 Å². The van der Waals surface area contributed by atoms with Crippen molar-refractivity contribution >= 4 is 23.5 Å². The molecular weight excluding hydrogens is 248 g/mol. The van der Waals surface area contributed by atoms with Crippen molar-refractivity contribution in [3.63, 3.8) is 0 Å². The molecule has 0 aliphatic carbocycles. The minimum absolute atomic E-state index is 0.0173. The van der Waals surface area contributed by atoms with Crippen LogP contribution in [0.2, 0.25) is 0 Å². The highest BCUT2D eigenvalue weighted by molar-refractivity contribution is 6.04. The average Bonchev–Trinajstić information content (AvgIpc) is 2.37. The van der Waals surface area contributed by atoms with Gasteiger partial charge in [-0.05, 0) is 26.3 Å². The molecule has 5 nitrogen and oxygen atoms in total. The Morgan fingerprint density at radius 1 is 1.00 bits per heavy atom. The van der Waals surface area contributed by atoms with Gasteiger partial charge in [0.15, 0.2) is 23.6 Å². The molecule has 0 radical (unpaired) electrons. The number of aryl methyl sites for hydroxylation is 2. The summed E-state index contributed by atoms with van der Waals surface area (Å²) in [7, 11) is 0. The second-order valence-corrected chi connectivity index (χ2v) is 4.35. The lowest BCUT2D eigenvalue weighted by Crippen LogP contribution is -2.11. The third kappa shape index (κ3) is 1.66. The zero-order valence-electron chi connectivity index (χ0n) is 10.7. The van der Waals surface area contributed by atoms with Crippen LogP contribution in [0.4, 0.5) is 0 Å². The molecule has 0 aliphatic rings. The van der Waals surface area contributed by atoms with Gasteiger partial charge in [0, 0.05) is 5.56 Å². The van der Waals surface area contributed by atoms with E-state index >= 15 is 0 Å². The van der Waals surface area contributed by atoms with Crippen molar-refractivity contribution in [1.82, 2.24) is 0 Å². The molecule has 1 aromatic carbocycles. The quantitative estimate of drug-likeness (QED) is 0.835. The topological polar surface area (TPSA) is 84.6 Å². The normalized spacial score (nSPS) is 10.7. The van der Waals surface area contributed by atoms with Gasteiger partial charge in [-0.15, -0.1) is 0 Å². The number of benzene rings is 1. The summed E-state index contributed by atoms with van der Waals surface area (Å²) >= 11 is 0. The molecular formula is C14H12O5. The van der Waals surface area contributed by atoms with Crippen LogP contribution in [-0.2, 0) is 0 Å². The molecule has 0 saturated heterocycles. The Hall–Kier alpha value is -2.43. The summed E-state index contributed by atoms with van der Waals surface area (Å²) in [5.41, 5.74) is 0.194. The van der Waals surface area contributed by atoms with Gasteiger partial charge in [-0.25, -0.2) is 0 Å². The average molecular weight is 260 g/mol. The summed E-state index contributed by atoms with van der Waals surface area (Å²) in [5, 5.41) is 10.1. The molecule has 0 atom stereocenters. The van der Waals surface area contributed by atoms with Crippen molar-refractivity contribution in [1.29, 1.82) is 0 Å². The first-order chi connectivity index (χ1) is 8.93. The molecule has 5 heteroatoms. The number of phenolic OH excluding ortho intramolecular Hbond substituents is 1. The highest BCUT2D eigenvalue weighted by Gasteiger charge is 2.21. The number of carbonyl (C=O) groups is 2. The number of aromatic hydroxyl groups is 1. The van der Waals surface area contributed by atoms with E-state index in [0.717, 1.165) is 0 Å². The molecule has 0 saturated carbocycles. The van der Waals surface area contributed by atoms with Crippen LogP contribution in [0.15, 0.2) is 9.21 Å². The number of rotatable bonds is 2. The first kappa shape index (κ1) is 13.0. The Kier molecular flexibility index (Phi) is 2.98. The van der Waals surface area contributed by atoms with Crippen LogP contribution >= 0.6 is 0 Å². The monoisotopic (exact) mass is 260 g/mol. The Morgan fingerprint density at radius 2 is 1.58 bits per heavy atom. The molecule has 1 aromatic heterocycles. The number of carbonyl (C=O) groups excluding carboxylic acids is 2. The lowest BCUT2D eigenvalue weighted by atomic mass is 9.97. The molecule has 0 unspecified atom stereocenters. The fraction of sp³-hybridized carbons (Fsp3) is 0.214. The summed E-state index contributed by atoms with van der Waals surface area (Å²) in [4.78, 5) is 34.3. The third-order valence-corrected chi connectivity index (χ3v) is 3.35. The van der Waals surface area contributed by atoms with Gasteiger partial charge in [0.05, 0.1) is 10.9 Å². The van der Waals surface area contributed by atoms with E-state index in [-0.39, 0.29) is 27.5 Å². The first-order valence-corrected chi connectivity index (χ1v) is 5.63. The van der Waals surface area contributed by atoms with Gasteiger partial charge in [0.25, 0.3) is 0 Å². The smallest absolute Gasteiger partial charge is 0.196 e. The Balaban J connectivity index is 3.23. The molecule has 0 amide bonds. The maximum absolute atomic E-state index is 12.2. The highest BCUT2D eigenvalue weighted by Crippen LogP contribution is 2.32. The SMILES string of the molecule is Cc1oc2c(C=O)c(O)c(C=O)c(C)c2c(=O)c1C. The van der Waals surface area contributed by atoms with E-state index < -0.39 is 5.75 Å². The van der Waals surface area contributed by atoms with Crippen LogP contribution in [0.1, 0.15) is 37.6 Å². The molecule has 2 rings (SSSR count). The maximum atomic E-state index is 12.2. The Bertz CT molecular complexity index is 768. The molecule has 0 bridgehead atoms. The number of hydrogen-bond acceptors (Lipinski definition) is 5. The zero-order chi connectivity index (χ0) is 14.3. The summed E-state index contributed by atoms with van der Waals surface area (Å²) in [5.74, 6) is -0.0837. The first-order valence-electron chi connectivity index (χ1n) is 5.63. The van der Waals surface area contributed by atoms with Gasteiger partial charge in [0.1, 0.15) is 17.1 Å². The molecule has 19 heavy (non-hydrogen) atoms. The van der Waals surface area contributed by atoms with E-state index in [4.69, 9.17) is 4.42 Å². The standard InChI is InChI=1S/C14H12O5/c1-6-8(3)19-14-10(5-16)13(18)9(4-15)7(2)11(14)12(6)17/h4-5,18H,1-3H3. The third-order valence-electron chi connectivity index (χ3n) is 3.35. The van der Waals surface area contributed by atoms with Crippen molar-refractivity contribution in [3.8, 4) is 5.75 Å². The highest BCUT2D eigenvalue weighted by atomic mass is 16.3. The molecule has 0 fully saturated rings. The van der Waals surface area contributed by atoms with Gasteiger partial charge < -0.3 is 9.52 Å². The second kappa shape index (κ2) is 4.35. The van der Waals surface area contributed by atoms with Gasteiger partial charge in [-0.1, -0.05) is 0 Å². The number of aldehydes is 2. The largest absolute Gasteiger partial charge is 0.506 e.